The molecule has 0 bridgehead atoms. The fraction of sp³-hybridized carbons (Fsp3) is 0.429. The van der Waals surface area contributed by atoms with Crippen LogP contribution in [0, 0.1) is 5.92 Å². The van der Waals surface area contributed by atoms with Gasteiger partial charge in [-0.05, 0) is 30.5 Å². The average Bonchev–Trinajstić information content (AvgIpc) is 2.67. The Morgan fingerprint density at radius 3 is 2.88 bits per heavy atom. The van der Waals surface area contributed by atoms with Gasteiger partial charge < -0.3 is 10.3 Å². The molecule has 2 N–H and O–H groups in total. The van der Waals surface area contributed by atoms with Gasteiger partial charge in [0.2, 0.25) is 0 Å². The summed E-state index contributed by atoms with van der Waals surface area (Å²) in [6, 6.07) is 9.11. The van der Waals surface area contributed by atoms with Gasteiger partial charge in [0.1, 0.15) is 0 Å². The lowest BCUT2D eigenvalue weighted by molar-refractivity contribution is 0.389. The van der Waals surface area contributed by atoms with Crippen LogP contribution in [0.15, 0.2) is 24.3 Å². The first kappa shape index (κ1) is 9.91. The van der Waals surface area contributed by atoms with Crippen LogP contribution in [0.5, 0.6) is 0 Å². The largest absolute Gasteiger partial charge is 0.357 e. The Balaban J connectivity index is 2.21. The summed E-state index contributed by atoms with van der Waals surface area (Å²) in [7, 11) is 0. The normalized spacial score (nSPS) is 20.3. The van der Waals surface area contributed by atoms with Crippen LogP contribution in [0.1, 0.15) is 31.1 Å². The van der Waals surface area contributed by atoms with Gasteiger partial charge in [0, 0.05) is 22.6 Å². The van der Waals surface area contributed by atoms with Gasteiger partial charge in [-0.25, -0.2) is 0 Å². The number of benzene rings is 1. The predicted molar refractivity (Wildman–Crippen MR) is 67.6 cm³/mol. The Bertz CT molecular complexity index is 510. The number of fused-ring (bicyclic) bond motifs is 3. The first-order valence-electron chi connectivity index (χ1n) is 6.10. The molecule has 0 spiro atoms. The molecule has 2 aromatic rings. The molecule has 0 saturated heterocycles. The zero-order chi connectivity index (χ0) is 11.1. The standard InChI is InChI=1S/C14H18N2/c1-9(2)13-14-11(7-8-15-13)10-5-3-4-6-12(10)16-14/h3-6,9,13,15-16H,7-8H2,1-2H3. The van der Waals surface area contributed by atoms with E-state index in [1.807, 2.05) is 0 Å². The number of rotatable bonds is 1. The van der Waals surface area contributed by atoms with Crippen molar-refractivity contribution in [2.75, 3.05) is 6.54 Å². The molecule has 16 heavy (non-hydrogen) atoms. The molecule has 0 radical (unpaired) electrons. The highest BCUT2D eigenvalue weighted by Gasteiger charge is 2.25. The van der Waals surface area contributed by atoms with Crippen LogP contribution < -0.4 is 5.32 Å². The second-order valence-electron chi connectivity index (χ2n) is 4.99. The molecule has 1 aromatic heterocycles. The summed E-state index contributed by atoms with van der Waals surface area (Å²) in [4.78, 5) is 3.58. The van der Waals surface area contributed by atoms with E-state index in [1.54, 1.807) is 0 Å². The van der Waals surface area contributed by atoms with Crippen LogP contribution in [0.25, 0.3) is 10.9 Å². The molecule has 84 valence electrons. The molecule has 1 atom stereocenters. The van der Waals surface area contributed by atoms with Crippen LogP contribution in [0.4, 0.5) is 0 Å². The van der Waals surface area contributed by atoms with E-state index in [0.717, 1.165) is 13.0 Å². The van der Waals surface area contributed by atoms with E-state index < -0.39 is 0 Å². The van der Waals surface area contributed by atoms with Gasteiger partial charge in [0.15, 0.2) is 0 Å². The van der Waals surface area contributed by atoms with Gasteiger partial charge in [0.05, 0.1) is 0 Å². The van der Waals surface area contributed by atoms with Gasteiger partial charge in [-0.1, -0.05) is 32.0 Å². The summed E-state index contributed by atoms with van der Waals surface area (Å²) in [5.41, 5.74) is 4.21. The molecule has 1 aliphatic heterocycles. The maximum Gasteiger partial charge on any atom is 0.0499 e. The Morgan fingerprint density at radius 1 is 1.25 bits per heavy atom. The zero-order valence-corrected chi connectivity index (χ0v) is 9.88. The third kappa shape index (κ3) is 1.37. The van der Waals surface area contributed by atoms with Crippen molar-refractivity contribution < 1.29 is 0 Å². The monoisotopic (exact) mass is 214 g/mol. The van der Waals surface area contributed by atoms with E-state index in [2.05, 4.69) is 48.4 Å². The minimum absolute atomic E-state index is 0.483. The molecule has 0 amide bonds. The minimum Gasteiger partial charge on any atom is -0.357 e. The van der Waals surface area contributed by atoms with Gasteiger partial charge in [0.25, 0.3) is 0 Å². The van der Waals surface area contributed by atoms with Crippen LogP contribution >= 0.6 is 0 Å². The van der Waals surface area contributed by atoms with Crippen molar-refractivity contribution in [1.29, 1.82) is 0 Å². The molecule has 1 aromatic carbocycles. The topological polar surface area (TPSA) is 27.8 Å². The Labute approximate surface area is 96.1 Å². The highest BCUT2D eigenvalue weighted by atomic mass is 15.0. The van der Waals surface area contributed by atoms with E-state index in [1.165, 1.54) is 22.2 Å². The summed E-state index contributed by atoms with van der Waals surface area (Å²) < 4.78 is 0. The molecule has 1 unspecified atom stereocenters. The summed E-state index contributed by atoms with van der Waals surface area (Å²) in [5, 5.41) is 5.01. The number of nitrogens with one attached hydrogen (secondary N) is 2. The Hall–Kier alpha value is -1.28. The molecule has 0 fully saturated rings. The number of H-pyrrole nitrogens is 1. The minimum atomic E-state index is 0.483. The average molecular weight is 214 g/mol. The van der Waals surface area contributed by atoms with Crippen molar-refractivity contribution in [3.63, 3.8) is 0 Å². The van der Waals surface area contributed by atoms with Crippen molar-refractivity contribution in [3.05, 3.63) is 35.5 Å². The molecule has 2 heteroatoms. The molecule has 0 saturated carbocycles. The summed E-state index contributed by atoms with van der Waals surface area (Å²) in [6.45, 7) is 5.65. The third-order valence-corrected chi connectivity index (χ3v) is 3.56. The van der Waals surface area contributed by atoms with Crippen molar-refractivity contribution in [1.82, 2.24) is 10.3 Å². The molecule has 0 aliphatic carbocycles. The van der Waals surface area contributed by atoms with Crippen molar-refractivity contribution >= 4 is 10.9 Å². The fourth-order valence-corrected chi connectivity index (χ4v) is 2.78. The van der Waals surface area contributed by atoms with Crippen LogP contribution in [-0.2, 0) is 6.42 Å². The van der Waals surface area contributed by atoms with Crippen molar-refractivity contribution in [3.8, 4) is 0 Å². The van der Waals surface area contributed by atoms with E-state index in [-0.39, 0.29) is 0 Å². The SMILES string of the molecule is CC(C)C1NCCc2c1[nH]c1ccccc21. The number of aromatic nitrogens is 1. The first-order valence-corrected chi connectivity index (χ1v) is 6.10. The van der Waals surface area contributed by atoms with Crippen LogP contribution in [-0.4, -0.2) is 11.5 Å². The van der Waals surface area contributed by atoms with Gasteiger partial charge >= 0.3 is 0 Å². The molecule has 2 nitrogen and oxygen atoms in total. The first-order chi connectivity index (χ1) is 7.77. The highest BCUT2D eigenvalue weighted by Crippen LogP contribution is 2.33. The lowest BCUT2D eigenvalue weighted by Gasteiger charge is -2.27. The third-order valence-electron chi connectivity index (χ3n) is 3.56. The lowest BCUT2D eigenvalue weighted by Crippen LogP contribution is -2.32. The van der Waals surface area contributed by atoms with Crippen LogP contribution in [0.3, 0.4) is 0 Å². The summed E-state index contributed by atoms with van der Waals surface area (Å²) >= 11 is 0. The van der Waals surface area contributed by atoms with Gasteiger partial charge in [-0.3, -0.25) is 0 Å². The van der Waals surface area contributed by atoms with E-state index in [9.17, 15) is 0 Å². The number of hydrogen-bond acceptors (Lipinski definition) is 1. The summed E-state index contributed by atoms with van der Waals surface area (Å²) in [5.74, 6) is 0.632. The molecule has 1 aliphatic rings. The highest BCUT2D eigenvalue weighted by molar-refractivity contribution is 5.85. The molecule has 3 rings (SSSR count). The second-order valence-corrected chi connectivity index (χ2v) is 4.99. The Kier molecular flexibility index (Phi) is 2.25. The molecular weight excluding hydrogens is 196 g/mol. The predicted octanol–water partition coefficient (Wildman–Crippen LogP) is 3.01. The van der Waals surface area contributed by atoms with Crippen molar-refractivity contribution in [2.45, 2.75) is 26.3 Å². The van der Waals surface area contributed by atoms with Crippen LogP contribution in [0.2, 0.25) is 0 Å². The second kappa shape index (κ2) is 3.63. The summed E-state index contributed by atoms with van der Waals surface area (Å²) in [6.07, 6.45) is 1.14. The number of hydrogen-bond donors (Lipinski definition) is 2. The van der Waals surface area contributed by atoms with E-state index in [0.29, 0.717) is 12.0 Å². The Morgan fingerprint density at radius 2 is 2.06 bits per heavy atom. The maximum absolute atomic E-state index is 3.60. The number of para-hydroxylation sites is 1. The van der Waals surface area contributed by atoms with E-state index >= 15 is 0 Å². The maximum atomic E-state index is 3.60. The lowest BCUT2D eigenvalue weighted by atomic mass is 9.92. The number of aromatic amines is 1. The molecule has 2 heterocycles. The molecular formula is C14H18N2. The smallest absolute Gasteiger partial charge is 0.0499 e. The van der Waals surface area contributed by atoms with Gasteiger partial charge in [-0.15, -0.1) is 0 Å². The quantitative estimate of drug-likeness (QED) is 0.750. The van der Waals surface area contributed by atoms with Gasteiger partial charge in [-0.2, -0.15) is 0 Å². The fourth-order valence-electron chi connectivity index (χ4n) is 2.78. The van der Waals surface area contributed by atoms with Crippen molar-refractivity contribution in [2.24, 2.45) is 5.92 Å². The zero-order valence-electron chi connectivity index (χ0n) is 9.88. The van der Waals surface area contributed by atoms with E-state index in [4.69, 9.17) is 0 Å².